The van der Waals surface area contributed by atoms with E-state index < -0.39 is 5.67 Å². The normalized spacial score (nSPS) is 20.5. The van der Waals surface area contributed by atoms with Gasteiger partial charge in [0.25, 0.3) is 5.91 Å². The fourth-order valence-corrected chi connectivity index (χ4v) is 6.70. The number of piperidine rings is 1. The Morgan fingerprint density at radius 2 is 2.02 bits per heavy atom. The smallest absolute Gasteiger partial charge is 0.280 e. The zero-order chi connectivity index (χ0) is 29.3. The van der Waals surface area contributed by atoms with Crippen molar-refractivity contribution < 1.29 is 14.3 Å². The fourth-order valence-electron chi connectivity index (χ4n) is 5.85. The molecular weight excluding hydrogens is 553 g/mol. The summed E-state index contributed by atoms with van der Waals surface area (Å²) in [5, 5.41) is 21.2. The van der Waals surface area contributed by atoms with Crippen molar-refractivity contribution in [3.8, 4) is 11.3 Å². The number of likely N-dealkylation sites (tertiary alicyclic amines) is 1. The van der Waals surface area contributed by atoms with Gasteiger partial charge < -0.3 is 15.3 Å². The number of hydrogen-bond donors (Lipinski definition) is 2. The number of rotatable bonds is 8. The third-order valence-electron chi connectivity index (χ3n) is 8.71. The Kier molecular flexibility index (Phi) is 8.24. The van der Waals surface area contributed by atoms with Gasteiger partial charge in [0.2, 0.25) is 0 Å². The van der Waals surface area contributed by atoms with Gasteiger partial charge in [0.15, 0.2) is 5.01 Å². The molecule has 6 rings (SSSR count). The molecule has 11 heteroatoms. The summed E-state index contributed by atoms with van der Waals surface area (Å²) in [5.74, 6) is -0.338. The molecular formula is C31H36FN7O2S. The zero-order valence-corrected chi connectivity index (χ0v) is 24.8. The largest absolute Gasteiger partial charge is 0.393 e. The van der Waals surface area contributed by atoms with Crippen LogP contribution in [0.1, 0.15) is 72.2 Å². The van der Waals surface area contributed by atoms with E-state index in [9.17, 15) is 9.90 Å². The first-order chi connectivity index (χ1) is 20.3. The highest BCUT2D eigenvalue weighted by molar-refractivity contribution is 7.19. The van der Waals surface area contributed by atoms with Crippen LogP contribution in [0.4, 0.5) is 4.39 Å². The van der Waals surface area contributed by atoms with Gasteiger partial charge in [-0.1, -0.05) is 31.3 Å². The second kappa shape index (κ2) is 12.1. The van der Waals surface area contributed by atoms with Crippen molar-refractivity contribution in [3.63, 3.8) is 0 Å². The Balaban J connectivity index is 1.22. The van der Waals surface area contributed by atoms with Crippen LogP contribution in [0.3, 0.4) is 0 Å². The quantitative estimate of drug-likeness (QED) is 0.304. The van der Waals surface area contributed by atoms with Crippen LogP contribution >= 0.6 is 11.3 Å². The summed E-state index contributed by atoms with van der Waals surface area (Å²) in [6, 6.07) is 7.40. The fraction of sp³-hybridized carbons (Fsp3) is 0.484. The number of carbonyl (C=O) groups excluding carboxylic acids is 1. The third kappa shape index (κ3) is 6.18. The number of amides is 1. The van der Waals surface area contributed by atoms with Crippen molar-refractivity contribution in [1.29, 1.82) is 0 Å². The number of nitrogens with one attached hydrogen (secondary N) is 1. The zero-order valence-electron chi connectivity index (χ0n) is 24.0. The molecule has 0 unspecified atom stereocenters. The van der Waals surface area contributed by atoms with Crippen molar-refractivity contribution in [2.24, 2.45) is 5.92 Å². The van der Waals surface area contributed by atoms with Gasteiger partial charge in [0, 0.05) is 43.5 Å². The number of hydrogen-bond acceptors (Lipinski definition) is 9. The summed E-state index contributed by atoms with van der Waals surface area (Å²) in [7, 11) is 0. The van der Waals surface area contributed by atoms with E-state index in [2.05, 4.69) is 30.4 Å². The van der Waals surface area contributed by atoms with E-state index in [0.29, 0.717) is 41.0 Å². The predicted molar refractivity (Wildman–Crippen MR) is 160 cm³/mol. The topological polar surface area (TPSA) is 117 Å². The molecule has 42 heavy (non-hydrogen) atoms. The molecule has 2 atom stereocenters. The number of pyridine rings is 2. The van der Waals surface area contributed by atoms with Crippen LogP contribution in [0.2, 0.25) is 0 Å². The highest BCUT2D eigenvalue weighted by atomic mass is 32.1. The SMILES string of the molecule is CC(C)[C@]1(F)CCc2nc3sc(C(=O)N[C@H](CCN4CCC(O)CC4)c4ccc(-c5ccnnc5)nc4)nc3cc2C1. The molecule has 0 radical (unpaired) electrons. The lowest BCUT2D eigenvalue weighted by molar-refractivity contribution is 0.0795. The minimum absolute atomic E-state index is 0.0741. The van der Waals surface area contributed by atoms with Crippen LogP contribution in [-0.4, -0.2) is 72.5 Å². The number of aliphatic hydroxyl groups excluding tert-OH is 1. The molecule has 1 fully saturated rings. The van der Waals surface area contributed by atoms with Crippen LogP contribution < -0.4 is 5.32 Å². The molecule has 4 aromatic rings. The molecule has 0 bridgehead atoms. The van der Waals surface area contributed by atoms with Gasteiger partial charge in [-0.15, -0.1) is 0 Å². The molecule has 2 aliphatic rings. The monoisotopic (exact) mass is 589 g/mol. The minimum Gasteiger partial charge on any atom is -0.393 e. The van der Waals surface area contributed by atoms with Gasteiger partial charge in [0.05, 0.1) is 30.2 Å². The number of aryl methyl sites for hydroxylation is 1. The van der Waals surface area contributed by atoms with Gasteiger partial charge in [-0.2, -0.15) is 10.2 Å². The van der Waals surface area contributed by atoms with E-state index in [1.165, 1.54) is 11.3 Å². The first-order valence-electron chi connectivity index (χ1n) is 14.7. The van der Waals surface area contributed by atoms with E-state index >= 15 is 4.39 Å². The van der Waals surface area contributed by atoms with Gasteiger partial charge >= 0.3 is 0 Å². The molecule has 4 aromatic heterocycles. The number of halogens is 1. The lowest BCUT2D eigenvalue weighted by atomic mass is 9.77. The van der Waals surface area contributed by atoms with Crippen molar-refractivity contribution >= 4 is 27.6 Å². The maximum atomic E-state index is 15.4. The summed E-state index contributed by atoms with van der Waals surface area (Å²) < 4.78 is 15.4. The summed E-state index contributed by atoms with van der Waals surface area (Å²) in [4.78, 5) is 30.6. The highest BCUT2D eigenvalue weighted by Crippen LogP contribution is 2.38. The van der Waals surface area contributed by atoms with Gasteiger partial charge in [-0.05, 0) is 67.3 Å². The standard InChI is InChI=1S/C31H36FN7O2S/c1-19(2)31(32)10-5-25-22(16-31)15-27-29(37-25)42-30(38-27)28(41)36-26(9-14-39-12-7-23(40)8-13-39)20-3-4-24(33-17-20)21-6-11-34-35-18-21/h3-4,6,11,15,17-19,23,26,40H,5,7-10,12-14,16H2,1-2H3,(H,36,41)/t26-,31+/m1/s1. The molecule has 1 amide bonds. The van der Waals surface area contributed by atoms with Crippen LogP contribution in [0.5, 0.6) is 0 Å². The number of aromatic nitrogens is 5. The Bertz CT molecular complexity index is 1540. The van der Waals surface area contributed by atoms with E-state index in [1.807, 2.05) is 38.1 Å². The maximum absolute atomic E-state index is 15.4. The third-order valence-corrected chi connectivity index (χ3v) is 9.67. The molecule has 2 N–H and O–H groups in total. The Labute approximate surface area is 248 Å². The molecule has 5 heterocycles. The molecule has 0 saturated carbocycles. The lowest BCUT2D eigenvalue weighted by Crippen LogP contribution is -2.38. The number of nitrogens with zero attached hydrogens (tertiary/aromatic N) is 6. The van der Waals surface area contributed by atoms with E-state index in [-0.39, 0.29) is 24.0 Å². The van der Waals surface area contributed by atoms with Crippen LogP contribution in [0.25, 0.3) is 21.6 Å². The Hall–Kier alpha value is -3.41. The number of aliphatic hydroxyl groups is 1. The summed E-state index contributed by atoms with van der Waals surface area (Å²) in [5.41, 5.74) is 3.74. The van der Waals surface area contributed by atoms with Gasteiger partial charge in [0.1, 0.15) is 16.0 Å². The van der Waals surface area contributed by atoms with Crippen LogP contribution in [0.15, 0.2) is 42.9 Å². The molecule has 220 valence electrons. The molecule has 0 spiro atoms. The predicted octanol–water partition coefficient (Wildman–Crippen LogP) is 4.71. The molecule has 9 nitrogen and oxygen atoms in total. The minimum atomic E-state index is -1.24. The first-order valence-corrected chi connectivity index (χ1v) is 15.5. The average molecular weight is 590 g/mol. The van der Waals surface area contributed by atoms with E-state index in [1.54, 1.807) is 18.6 Å². The summed E-state index contributed by atoms with van der Waals surface area (Å²) in [6.07, 6.45) is 8.45. The second-order valence-electron chi connectivity index (χ2n) is 11.8. The summed E-state index contributed by atoms with van der Waals surface area (Å²) in [6.45, 7) is 6.29. The van der Waals surface area contributed by atoms with E-state index in [0.717, 1.165) is 60.6 Å². The molecule has 1 saturated heterocycles. The lowest BCUT2D eigenvalue weighted by Gasteiger charge is -2.33. The molecule has 0 aromatic carbocycles. The van der Waals surface area contributed by atoms with Crippen molar-refractivity contribution in [1.82, 2.24) is 35.4 Å². The number of fused-ring (bicyclic) bond motifs is 2. The average Bonchev–Trinajstić information content (AvgIpc) is 3.42. The van der Waals surface area contributed by atoms with Crippen molar-refractivity contribution in [2.45, 2.75) is 70.2 Å². The van der Waals surface area contributed by atoms with Crippen molar-refractivity contribution in [3.05, 3.63) is 64.7 Å². The Morgan fingerprint density at radius 3 is 2.74 bits per heavy atom. The number of thiazole rings is 1. The first kappa shape index (κ1) is 28.7. The Morgan fingerprint density at radius 1 is 1.19 bits per heavy atom. The number of alkyl halides is 1. The summed E-state index contributed by atoms with van der Waals surface area (Å²) >= 11 is 1.27. The van der Waals surface area contributed by atoms with Crippen molar-refractivity contribution in [2.75, 3.05) is 19.6 Å². The van der Waals surface area contributed by atoms with Gasteiger partial charge in [-0.25, -0.2) is 14.4 Å². The number of carbonyl (C=O) groups is 1. The van der Waals surface area contributed by atoms with Crippen LogP contribution in [-0.2, 0) is 12.8 Å². The maximum Gasteiger partial charge on any atom is 0.280 e. The molecule has 1 aliphatic heterocycles. The van der Waals surface area contributed by atoms with Gasteiger partial charge in [-0.3, -0.25) is 9.78 Å². The van der Waals surface area contributed by atoms with E-state index in [4.69, 9.17) is 4.98 Å². The highest BCUT2D eigenvalue weighted by Gasteiger charge is 2.38. The second-order valence-corrected chi connectivity index (χ2v) is 12.8. The van der Waals surface area contributed by atoms with Crippen LogP contribution in [0, 0.1) is 5.92 Å². The molecule has 1 aliphatic carbocycles.